The molecule has 0 saturated carbocycles. The van der Waals surface area contributed by atoms with Crippen molar-refractivity contribution >= 4 is 5.91 Å². The van der Waals surface area contributed by atoms with E-state index >= 15 is 0 Å². The Morgan fingerprint density at radius 2 is 2.24 bits per heavy atom. The van der Waals surface area contributed by atoms with Crippen LogP contribution in [-0.4, -0.2) is 31.7 Å². The number of carbonyl (C=O) groups is 1. The Bertz CT molecular complexity index is 244. The van der Waals surface area contributed by atoms with E-state index in [2.05, 4.69) is 26.1 Å². The van der Waals surface area contributed by atoms with E-state index in [9.17, 15) is 4.79 Å². The molecule has 1 rings (SSSR count). The van der Waals surface area contributed by atoms with Crippen LogP contribution in [0, 0.1) is 17.8 Å². The molecule has 1 amide bonds. The minimum absolute atomic E-state index is 0.0485. The van der Waals surface area contributed by atoms with Crippen molar-refractivity contribution in [2.24, 2.45) is 23.5 Å². The highest BCUT2D eigenvalue weighted by molar-refractivity contribution is 5.78. The highest BCUT2D eigenvalue weighted by Crippen LogP contribution is 2.19. The molecular weight excluding hydrogens is 216 g/mol. The van der Waals surface area contributed by atoms with Gasteiger partial charge < -0.3 is 15.8 Å². The van der Waals surface area contributed by atoms with Crippen molar-refractivity contribution in [2.45, 2.75) is 39.7 Å². The number of carbonyl (C=O) groups excluding carboxylic acids is 1. The van der Waals surface area contributed by atoms with Crippen LogP contribution in [0.4, 0.5) is 0 Å². The zero-order valence-corrected chi connectivity index (χ0v) is 11.2. The average molecular weight is 242 g/mol. The fourth-order valence-electron chi connectivity index (χ4n) is 2.30. The van der Waals surface area contributed by atoms with Crippen LogP contribution in [0.15, 0.2) is 0 Å². The van der Waals surface area contributed by atoms with Gasteiger partial charge in [-0.25, -0.2) is 0 Å². The maximum Gasteiger partial charge on any atom is 0.224 e. The summed E-state index contributed by atoms with van der Waals surface area (Å²) in [6.45, 7) is 8.26. The number of amides is 1. The summed E-state index contributed by atoms with van der Waals surface area (Å²) in [5.41, 5.74) is 5.65. The molecule has 0 radical (unpaired) electrons. The molecule has 3 unspecified atom stereocenters. The average Bonchev–Trinajstić information content (AvgIpc) is 2.68. The van der Waals surface area contributed by atoms with Gasteiger partial charge in [-0.05, 0) is 25.7 Å². The molecule has 0 aromatic carbocycles. The first kappa shape index (κ1) is 14.5. The lowest BCUT2D eigenvalue weighted by Gasteiger charge is -2.19. The molecule has 3 N–H and O–H groups in total. The quantitative estimate of drug-likeness (QED) is 0.734. The fraction of sp³-hybridized carbons (Fsp3) is 0.923. The maximum atomic E-state index is 11.9. The minimum Gasteiger partial charge on any atom is -0.378 e. The summed E-state index contributed by atoms with van der Waals surface area (Å²) in [6, 6.07) is 0. The van der Waals surface area contributed by atoms with Gasteiger partial charge in [0.05, 0.1) is 12.0 Å². The smallest absolute Gasteiger partial charge is 0.224 e. The largest absolute Gasteiger partial charge is 0.378 e. The summed E-state index contributed by atoms with van der Waals surface area (Å²) < 4.78 is 5.47. The van der Waals surface area contributed by atoms with Crippen molar-refractivity contribution in [1.82, 2.24) is 5.32 Å². The van der Waals surface area contributed by atoms with Gasteiger partial charge in [-0.3, -0.25) is 4.79 Å². The molecule has 0 spiro atoms. The standard InChI is InChI=1S/C13H26N2O2/c1-9(2)6-12(7-14)13(16)15-8-11-4-5-17-10(11)3/h9-12H,4-8,14H2,1-3H3,(H,15,16). The zero-order chi connectivity index (χ0) is 12.8. The molecule has 0 aromatic heterocycles. The van der Waals surface area contributed by atoms with Gasteiger partial charge in [0, 0.05) is 25.6 Å². The van der Waals surface area contributed by atoms with Gasteiger partial charge in [0.25, 0.3) is 0 Å². The van der Waals surface area contributed by atoms with Crippen LogP contribution in [0.3, 0.4) is 0 Å². The van der Waals surface area contributed by atoms with Crippen molar-refractivity contribution in [3.63, 3.8) is 0 Å². The maximum absolute atomic E-state index is 11.9. The van der Waals surface area contributed by atoms with E-state index in [-0.39, 0.29) is 17.9 Å². The van der Waals surface area contributed by atoms with Crippen molar-refractivity contribution in [3.8, 4) is 0 Å². The minimum atomic E-state index is -0.0485. The van der Waals surface area contributed by atoms with E-state index < -0.39 is 0 Å². The number of nitrogens with two attached hydrogens (primary N) is 1. The molecule has 4 heteroatoms. The van der Waals surface area contributed by atoms with Gasteiger partial charge in [-0.1, -0.05) is 13.8 Å². The highest BCUT2D eigenvalue weighted by atomic mass is 16.5. The summed E-state index contributed by atoms with van der Waals surface area (Å²) in [6.07, 6.45) is 2.16. The molecule has 0 aromatic rings. The monoisotopic (exact) mass is 242 g/mol. The Kier molecular flexibility index (Phi) is 5.92. The first-order valence-electron chi connectivity index (χ1n) is 6.64. The number of rotatable bonds is 6. The Morgan fingerprint density at radius 1 is 1.53 bits per heavy atom. The lowest BCUT2D eigenvalue weighted by atomic mass is 9.96. The second-order valence-electron chi connectivity index (χ2n) is 5.43. The third-order valence-corrected chi connectivity index (χ3v) is 3.48. The first-order valence-corrected chi connectivity index (χ1v) is 6.64. The molecule has 1 aliphatic rings. The summed E-state index contributed by atoms with van der Waals surface area (Å²) in [4.78, 5) is 11.9. The Morgan fingerprint density at radius 3 is 2.71 bits per heavy atom. The molecule has 4 nitrogen and oxygen atoms in total. The third kappa shape index (κ3) is 4.64. The predicted octanol–water partition coefficient (Wildman–Crippen LogP) is 1.15. The summed E-state index contributed by atoms with van der Waals surface area (Å²) >= 11 is 0. The topological polar surface area (TPSA) is 64.4 Å². The van der Waals surface area contributed by atoms with Gasteiger partial charge in [-0.2, -0.15) is 0 Å². The van der Waals surface area contributed by atoms with E-state index in [1.165, 1.54) is 0 Å². The molecule has 1 heterocycles. The third-order valence-electron chi connectivity index (χ3n) is 3.48. The van der Waals surface area contributed by atoms with Crippen molar-refractivity contribution < 1.29 is 9.53 Å². The van der Waals surface area contributed by atoms with E-state index in [0.717, 1.165) is 19.4 Å². The predicted molar refractivity (Wildman–Crippen MR) is 68.5 cm³/mol. The van der Waals surface area contributed by atoms with Gasteiger partial charge in [-0.15, -0.1) is 0 Å². The molecule has 1 saturated heterocycles. The van der Waals surface area contributed by atoms with Crippen molar-refractivity contribution in [2.75, 3.05) is 19.7 Å². The second-order valence-corrected chi connectivity index (χ2v) is 5.43. The van der Waals surface area contributed by atoms with Crippen LogP contribution < -0.4 is 11.1 Å². The molecule has 0 aliphatic carbocycles. The lowest BCUT2D eigenvalue weighted by Crippen LogP contribution is -2.39. The number of nitrogens with one attached hydrogen (secondary N) is 1. The summed E-state index contributed by atoms with van der Waals surface area (Å²) in [5.74, 6) is 1.01. The van der Waals surface area contributed by atoms with Crippen molar-refractivity contribution in [1.29, 1.82) is 0 Å². The Balaban J connectivity index is 2.31. The number of hydrogen-bond acceptors (Lipinski definition) is 3. The van der Waals surface area contributed by atoms with E-state index in [1.807, 2.05) is 0 Å². The molecule has 17 heavy (non-hydrogen) atoms. The van der Waals surface area contributed by atoms with Crippen molar-refractivity contribution in [3.05, 3.63) is 0 Å². The van der Waals surface area contributed by atoms with E-state index in [1.54, 1.807) is 0 Å². The van der Waals surface area contributed by atoms with Crippen LogP contribution in [0.25, 0.3) is 0 Å². The first-order chi connectivity index (χ1) is 8.04. The normalized spacial score (nSPS) is 26.2. The Labute approximate surface area is 104 Å². The van der Waals surface area contributed by atoms with Crippen LogP contribution in [0.2, 0.25) is 0 Å². The molecule has 0 bridgehead atoms. The second kappa shape index (κ2) is 6.97. The van der Waals surface area contributed by atoms with Gasteiger partial charge >= 0.3 is 0 Å². The summed E-state index contributed by atoms with van der Waals surface area (Å²) in [7, 11) is 0. The molecule has 1 fully saturated rings. The zero-order valence-electron chi connectivity index (χ0n) is 11.2. The highest BCUT2D eigenvalue weighted by Gasteiger charge is 2.25. The molecule has 1 aliphatic heterocycles. The van der Waals surface area contributed by atoms with Crippen LogP contribution in [0.1, 0.15) is 33.6 Å². The van der Waals surface area contributed by atoms with Gasteiger partial charge in [0.15, 0.2) is 0 Å². The van der Waals surface area contributed by atoms with Crippen LogP contribution in [0.5, 0.6) is 0 Å². The number of hydrogen-bond donors (Lipinski definition) is 2. The van der Waals surface area contributed by atoms with Gasteiger partial charge in [0.1, 0.15) is 0 Å². The fourth-order valence-corrected chi connectivity index (χ4v) is 2.30. The van der Waals surface area contributed by atoms with Gasteiger partial charge in [0.2, 0.25) is 5.91 Å². The SMILES string of the molecule is CC(C)CC(CN)C(=O)NCC1CCOC1C. The molecule has 3 atom stereocenters. The molecule has 100 valence electrons. The lowest BCUT2D eigenvalue weighted by molar-refractivity contribution is -0.125. The van der Waals surface area contributed by atoms with Crippen LogP contribution in [-0.2, 0) is 9.53 Å². The number of ether oxygens (including phenoxy) is 1. The summed E-state index contributed by atoms with van der Waals surface area (Å²) in [5, 5.41) is 3.01. The molecular formula is C13H26N2O2. The van der Waals surface area contributed by atoms with E-state index in [4.69, 9.17) is 10.5 Å². The Hall–Kier alpha value is -0.610. The van der Waals surface area contributed by atoms with E-state index in [0.29, 0.717) is 24.9 Å². The van der Waals surface area contributed by atoms with Crippen LogP contribution >= 0.6 is 0 Å².